The summed E-state index contributed by atoms with van der Waals surface area (Å²) in [5, 5.41) is 4.65. The molecule has 0 radical (unpaired) electrons. The highest BCUT2D eigenvalue weighted by atomic mass is 35.5. The van der Waals surface area contributed by atoms with Gasteiger partial charge in [-0.3, -0.25) is 9.48 Å². The van der Waals surface area contributed by atoms with Gasteiger partial charge in [-0.2, -0.15) is 5.10 Å². The Labute approximate surface area is 180 Å². The van der Waals surface area contributed by atoms with Crippen molar-refractivity contribution in [3.8, 4) is 11.3 Å². The topological polar surface area (TPSA) is 107 Å². The molecule has 0 fully saturated rings. The zero-order chi connectivity index (χ0) is 22.5. The van der Waals surface area contributed by atoms with Crippen LogP contribution in [0.3, 0.4) is 0 Å². The van der Waals surface area contributed by atoms with Gasteiger partial charge in [0.1, 0.15) is 11.5 Å². The number of fused-ring (bicyclic) bond motifs is 1. The molecule has 162 valence electrons. The average molecular weight is 436 g/mol. The largest absolute Gasteiger partial charge is 0.365 e. The van der Waals surface area contributed by atoms with Crippen molar-refractivity contribution in [3.63, 3.8) is 0 Å². The first-order valence-electron chi connectivity index (χ1n) is 9.78. The lowest BCUT2D eigenvalue weighted by Gasteiger charge is -2.46. The number of halogens is 2. The van der Waals surface area contributed by atoms with Gasteiger partial charge in [0.15, 0.2) is 0 Å². The molecule has 0 aliphatic carbocycles. The summed E-state index contributed by atoms with van der Waals surface area (Å²) in [6, 6.07) is 2.83. The third-order valence-electron chi connectivity index (χ3n) is 5.53. The molecule has 7 nitrogen and oxygen atoms in total. The maximum absolute atomic E-state index is 13.7. The van der Waals surface area contributed by atoms with Crippen molar-refractivity contribution in [2.75, 3.05) is 6.54 Å². The first-order chi connectivity index (χ1) is 13.8. The number of hydrogen-bond donors (Lipinski definition) is 2. The van der Waals surface area contributed by atoms with Crippen LogP contribution in [0.15, 0.2) is 18.2 Å². The number of amides is 3. The maximum atomic E-state index is 13.7. The molecular weight excluding hydrogens is 409 g/mol. The molecule has 4 N–H and O–H groups in total. The molecule has 1 aliphatic heterocycles. The van der Waals surface area contributed by atoms with Crippen molar-refractivity contribution in [1.82, 2.24) is 14.7 Å². The maximum Gasteiger partial charge on any atom is 0.315 e. The van der Waals surface area contributed by atoms with Crippen LogP contribution in [0.25, 0.3) is 11.3 Å². The smallest absolute Gasteiger partial charge is 0.315 e. The quantitative estimate of drug-likeness (QED) is 0.756. The summed E-state index contributed by atoms with van der Waals surface area (Å²) in [7, 11) is 0. The Hall–Kier alpha value is -2.61. The molecule has 1 aromatic carbocycles. The van der Waals surface area contributed by atoms with E-state index in [1.165, 1.54) is 18.2 Å². The minimum atomic E-state index is -0.685. The van der Waals surface area contributed by atoms with Gasteiger partial charge in [0, 0.05) is 12.1 Å². The van der Waals surface area contributed by atoms with Crippen molar-refractivity contribution in [1.29, 1.82) is 0 Å². The van der Waals surface area contributed by atoms with Crippen molar-refractivity contribution >= 4 is 23.5 Å². The predicted molar refractivity (Wildman–Crippen MR) is 114 cm³/mol. The standard InChI is InChI=1S/C21H27ClFN5O2/c1-10(2)14-9-27(20(25)30)18(21(3,4)5)17-15(19(24)29)16(26-28(14)17)11-6-7-13(23)12(22)8-11/h6-8,10,14,18H,9H2,1-5H3,(H2,24,29)(H2,25,30). The molecule has 0 saturated carbocycles. The zero-order valence-electron chi connectivity index (χ0n) is 17.7. The van der Waals surface area contributed by atoms with Crippen LogP contribution in [-0.2, 0) is 0 Å². The number of carbonyl (C=O) groups excluding carboxylic acids is 2. The van der Waals surface area contributed by atoms with E-state index in [2.05, 4.69) is 0 Å². The molecule has 2 unspecified atom stereocenters. The summed E-state index contributed by atoms with van der Waals surface area (Å²) < 4.78 is 15.5. The molecule has 30 heavy (non-hydrogen) atoms. The second kappa shape index (κ2) is 7.58. The van der Waals surface area contributed by atoms with Gasteiger partial charge in [0.2, 0.25) is 0 Å². The number of nitrogens with zero attached hydrogens (tertiary/aromatic N) is 3. The highest BCUT2D eigenvalue weighted by Gasteiger charge is 2.46. The highest BCUT2D eigenvalue weighted by Crippen LogP contribution is 2.47. The molecule has 9 heteroatoms. The Bertz CT molecular complexity index is 1010. The van der Waals surface area contributed by atoms with Crippen LogP contribution >= 0.6 is 11.6 Å². The molecular formula is C21H27ClFN5O2. The molecule has 1 aromatic heterocycles. The summed E-state index contributed by atoms with van der Waals surface area (Å²) in [4.78, 5) is 26.6. The number of nitrogens with two attached hydrogens (primary N) is 2. The van der Waals surface area contributed by atoms with Crippen LogP contribution in [0.2, 0.25) is 5.02 Å². The number of aromatic nitrogens is 2. The number of urea groups is 1. The summed E-state index contributed by atoms with van der Waals surface area (Å²) in [5.74, 6) is -1.16. The number of hydrogen-bond acceptors (Lipinski definition) is 3. The van der Waals surface area contributed by atoms with E-state index in [0.29, 0.717) is 23.5 Å². The first kappa shape index (κ1) is 22.1. The molecule has 3 rings (SSSR count). The number of primary amides is 2. The lowest BCUT2D eigenvalue weighted by molar-refractivity contribution is 0.0657. The van der Waals surface area contributed by atoms with Crippen LogP contribution in [-0.4, -0.2) is 33.2 Å². The Balaban J connectivity index is 2.38. The summed E-state index contributed by atoms with van der Waals surface area (Å²) in [6.07, 6.45) is 0. The number of rotatable bonds is 3. The Morgan fingerprint density at radius 1 is 1.27 bits per heavy atom. The minimum Gasteiger partial charge on any atom is -0.365 e. The van der Waals surface area contributed by atoms with Crippen LogP contribution < -0.4 is 11.5 Å². The van der Waals surface area contributed by atoms with Gasteiger partial charge in [-0.05, 0) is 29.5 Å². The van der Waals surface area contributed by atoms with Gasteiger partial charge in [0.05, 0.1) is 28.4 Å². The van der Waals surface area contributed by atoms with Crippen LogP contribution in [0, 0.1) is 17.2 Å². The minimum absolute atomic E-state index is 0.0829. The van der Waals surface area contributed by atoms with E-state index in [4.69, 9.17) is 28.2 Å². The second-order valence-corrected chi connectivity index (χ2v) is 9.52. The Morgan fingerprint density at radius 3 is 2.37 bits per heavy atom. The van der Waals surface area contributed by atoms with Crippen LogP contribution in [0.1, 0.15) is 62.8 Å². The zero-order valence-corrected chi connectivity index (χ0v) is 18.5. The third-order valence-corrected chi connectivity index (χ3v) is 5.82. The molecule has 0 spiro atoms. The summed E-state index contributed by atoms with van der Waals surface area (Å²) >= 11 is 5.97. The molecule has 0 saturated heterocycles. The van der Waals surface area contributed by atoms with Gasteiger partial charge in [-0.15, -0.1) is 0 Å². The first-order valence-corrected chi connectivity index (χ1v) is 10.2. The van der Waals surface area contributed by atoms with Gasteiger partial charge in [0.25, 0.3) is 5.91 Å². The fourth-order valence-corrected chi connectivity index (χ4v) is 4.35. The van der Waals surface area contributed by atoms with Crippen LogP contribution in [0.4, 0.5) is 9.18 Å². The lowest BCUT2D eigenvalue weighted by Crippen LogP contribution is -2.52. The number of carbonyl (C=O) groups is 2. The molecule has 2 aromatic rings. The normalized spacial score (nSPS) is 19.1. The van der Waals surface area contributed by atoms with Crippen molar-refractivity contribution in [2.24, 2.45) is 22.8 Å². The van der Waals surface area contributed by atoms with Crippen molar-refractivity contribution in [3.05, 3.63) is 40.3 Å². The number of benzene rings is 1. The van der Waals surface area contributed by atoms with E-state index in [1.807, 2.05) is 34.6 Å². The van der Waals surface area contributed by atoms with E-state index in [-0.39, 0.29) is 22.5 Å². The summed E-state index contributed by atoms with van der Waals surface area (Å²) in [6.45, 7) is 10.2. The Morgan fingerprint density at radius 2 is 1.90 bits per heavy atom. The van der Waals surface area contributed by atoms with Gasteiger partial charge in [-0.1, -0.05) is 46.2 Å². The highest BCUT2D eigenvalue weighted by molar-refractivity contribution is 6.31. The Kier molecular flexibility index (Phi) is 5.58. The van der Waals surface area contributed by atoms with Gasteiger partial charge < -0.3 is 16.4 Å². The van der Waals surface area contributed by atoms with E-state index in [0.717, 1.165) is 0 Å². The van der Waals surface area contributed by atoms with Crippen molar-refractivity contribution < 1.29 is 14.0 Å². The second-order valence-electron chi connectivity index (χ2n) is 9.12. The van der Waals surface area contributed by atoms with Crippen molar-refractivity contribution in [2.45, 2.75) is 46.7 Å². The monoisotopic (exact) mass is 435 g/mol. The lowest BCUT2D eigenvalue weighted by atomic mass is 9.79. The van der Waals surface area contributed by atoms with E-state index in [1.54, 1.807) is 9.58 Å². The molecule has 2 heterocycles. The van der Waals surface area contributed by atoms with Crippen LogP contribution in [0.5, 0.6) is 0 Å². The SMILES string of the molecule is CC(C)C1CN(C(N)=O)C(C(C)(C)C)c2c(C(N)=O)c(-c3ccc(F)c(Cl)c3)nn21. The predicted octanol–water partition coefficient (Wildman–Crippen LogP) is 4.12. The molecule has 2 atom stereocenters. The fourth-order valence-electron chi connectivity index (χ4n) is 4.17. The van der Waals surface area contributed by atoms with E-state index < -0.39 is 29.2 Å². The molecule has 0 bridgehead atoms. The van der Waals surface area contributed by atoms with E-state index in [9.17, 15) is 14.0 Å². The van der Waals surface area contributed by atoms with Gasteiger partial charge >= 0.3 is 6.03 Å². The fraction of sp³-hybridized carbons (Fsp3) is 0.476. The average Bonchev–Trinajstić information content (AvgIpc) is 3.01. The van der Waals surface area contributed by atoms with Gasteiger partial charge in [-0.25, -0.2) is 9.18 Å². The summed E-state index contributed by atoms with van der Waals surface area (Å²) in [5.41, 5.74) is 12.6. The molecule has 3 amide bonds. The van der Waals surface area contributed by atoms with E-state index >= 15 is 0 Å². The third kappa shape index (κ3) is 3.64. The molecule has 1 aliphatic rings.